The van der Waals surface area contributed by atoms with Crippen molar-refractivity contribution in [3.63, 3.8) is 0 Å². The van der Waals surface area contributed by atoms with E-state index in [4.69, 9.17) is 0 Å². The molecular formula is C26H53. The third kappa shape index (κ3) is 20.3. The molecule has 0 N–H and O–H groups in total. The fourth-order valence-corrected chi connectivity index (χ4v) is 4.14. The Morgan fingerprint density at radius 1 is 0.462 bits per heavy atom. The van der Waals surface area contributed by atoms with Gasteiger partial charge < -0.3 is 0 Å². The first-order chi connectivity index (χ1) is 12.8. The van der Waals surface area contributed by atoms with Crippen molar-refractivity contribution >= 4 is 0 Å². The molecule has 0 bridgehead atoms. The van der Waals surface area contributed by atoms with E-state index >= 15 is 0 Å². The minimum Gasteiger partial charge on any atom is -0.0654 e. The lowest BCUT2D eigenvalue weighted by atomic mass is 9.92. The van der Waals surface area contributed by atoms with E-state index in [-0.39, 0.29) is 0 Å². The standard InChI is InChI=1S/C26H53/c1-4-7-9-11-12-13-14-15-16-17-18-19-20-21-23-25-26(6-3)24-22-10-8-5-2/h26H,2,4-25H2,1,3H3. The lowest BCUT2D eigenvalue weighted by molar-refractivity contribution is 0.394. The number of hydrogen-bond acceptors (Lipinski definition) is 0. The second kappa shape index (κ2) is 23.0. The molecule has 26 heavy (non-hydrogen) atoms. The molecule has 0 rings (SSSR count). The van der Waals surface area contributed by atoms with E-state index in [0.717, 1.165) is 12.3 Å². The van der Waals surface area contributed by atoms with E-state index in [2.05, 4.69) is 20.8 Å². The molecule has 1 atom stereocenters. The van der Waals surface area contributed by atoms with Gasteiger partial charge in [-0.2, -0.15) is 0 Å². The summed E-state index contributed by atoms with van der Waals surface area (Å²) in [5.74, 6) is 1.00. The van der Waals surface area contributed by atoms with Crippen LogP contribution in [0, 0.1) is 12.8 Å². The summed E-state index contributed by atoms with van der Waals surface area (Å²) in [6, 6.07) is 0. The highest BCUT2D eigenvalue weighted by Gasteiger charge is 2.05. The summed E-state index contributed by atoms with van der Waals surface area (Å²) in [5.41, 5.74) is 0. The normalized spacial score (nSPS) is 12.6. The lowest BCUT2D eigenvalue weighted by Crippen LogP contribution is -1.99. The Morgan fingerprint density at radius 2 is 0.808 bits per heavy atom. The molecule has 1 radical (unpaired) electrons. The second-order valence-corrected chi connectivity index (χ2v) is 8.72. The van der Waals surface area contributed by atoms with Crippen LogP contribution in [0.3, 0.4) is 0 Å². The predicted molar refractivity (Wildman–Crippen MR) is 122 cm³/mol. The Kier molecular flexibility index (Phi) is 23.0. The van der Waals surface area contributed by atoms with Crippen LogP contribution in [0.4, 0.5) is 0 Å². The van der Waals surface area contributed by atoms with Crippen molar-refractivity contribution in [2.45, 2.75) is 155 Å². The third-order valence-electron chi connectivity index (χ3n) is 6.16. The van der Waals surface area contributed by atoms with Crippen molar-refractivity contribution in [1.29, 1.82) is 0 Å². The Morgan fingerprint density at radius 3 is 1.15 bits per heavy atom. The second-order valence-electron chi connectivity index (χ2n) is 8.72. The molecule has 0 aliphatic rings. The first-order valence-electron chi connectivity index (χ1n) is 12.6. The highest BCUT2D eigenvalue weighted by molar-refractivity contribution is 4.59. The summed E-state index contributed by atoms with van der Waals surface area (Å²) in [7, 11) is 0. The van der Waals surface area contributed by atoms with Gasteiger partial charge in [-0.25, -0.2) is 0 Å². The van der Waals surface area contributed by atoms with Crippen molar-refractivity contribution in [3.05, 3.63) is 6.92 Å². The zero-order chi connectivity index (χ0) is 19.1. The number of unbranched alkanes of at least 4 members (excludes halogenated alkanes) is 17. The van der Waals surface area contributed by atoms with Crippen molar-refractivity contribution in [3.8, 4) is 0 Å². The van der Waals surface area contributed by atoms with E-state index in [1.165, 1.54) is 135 Å². The minimum atomic E-state index is 1.00. The maximum atomic E-state index is 3.94. The molecule has 0 heteroatoms. The van der Waals surface area contributed by atoms with Crippen LogP contribution in [0.1, 0.15) is 155 Å². The van der Waals surface area contributed by atoms with Gasteiger partial charge in [0.05, 0.1) is 0 Å². The van der Waals surface area contributed by atoms with Crippen LogP contribution in [-0.4, -0.2) is 0 Å². The molecule has 0 aromatic rings. The molecule has 0 saturated carbocycles. The molecule has 0 heterocycles. The third-order valence-corrected chi connectivity index (χ3v) is 6.16. The van der Waals surface area contributed by atoms with Crippen LogP contribution in [0.2, 0.25) is 0 Å². The van der Waals surface area contributed by atoms with Gasteiger partial charge in [0.25, 0.3) is 0 Å². The quantitative estimate of drug-likeness (QED) is 0.167. The smallest absolute Gasteiger partial charge is 0.0417 e. The summed E-state index contributed by atoms with van der Waals surface area (Å²) >= 11 is 0. The Labute approximate surface area is 168 Å². The fraction of sp³-hybridized carbons (Fsp3) is 0.962. The molecule has 157 valence electrons. The van der Waals surface area contributed by atoms with Gasteiger partial charge in [-0.3, -0.25) is 0 Å². The SMILES string of the molecule is [CH2]CCCCCC(CC)CCCCCCCCCCCCCCCCC. The first kappa shape index (κ1) is 26.0. The molecule has 0 nitrogen and oxygen atoms in total. The molecule has 0 aromatic heterocycles. The van der Waals surface area contributed by atoms with Gasteiger partial charge in [0.2, 0.25) is 0 Å². The molecule has 0 aromatic carbocycles. The monoisotopic (exact) mass is 365 g/mol. The molecular weight excluding hydrogens is 312 g/mol. The average Bonchev–Trinajstić information content (AvgIpc) is 2.66. The van der Waals surface area contributed by atoms with E-state index in [1.54, 1.807) is 0 Å². The van der Waals surface area contributed by atoms with Crippen LogP contribution < -0.4 is 0 Å². The van der Waals surface area contributed by atoms with Crippen LogP contribution >= 0.6 is 0 Å². The predicted octanol–water partition coefficient (Wildman–Crippen LogP) is 10.1. The summed E-state index contributed by atoms with van der Waals surface area (Å²) in [6.07, 6.45) is 31.7. The van der Waals surface area contributed by atoms with Gasteiger partial charge in [-0.1, -0.05) is 162 Å². The summed E-state index contributed by atoms with van der Waals surface area (Å²) in [5, 5.41) is 0. The van der Waals surface area contributed by atoms with Gasteiger partial charge in [-0.05, 0) is 5.92 Å². The summed E-state index contributed by atoms with van der Waals surface area (Å²) in [4.78, 5) is 0. The summed E-state index contributed by atoms with van der Waals surface area (Å²) in [6.45, 7) is 8.63. The Hall–Kier alpha value is 0. The Bertz CT molecular complexity index is 232. The lowest BCUT2D eigenvalue weighted by Gasteiger charge is -2.14. The fourth-order valence-electron chi connectivity index (χ4n) is 4.14. The minimum absolute atomic E-state index is 1.00. The highest BCUT2D eigenvalue weighted by Crippen LogP contribution is 2.21. The molecule has 1 unspecified atom stereocenters. The van der Waals surface area contributed by atoms with Crippen molar-refractivity contribution < 1.29 is 0 Å². The van der Waals surface area contributed by atoms with Crippen LogP contribution in [0.5, 0.6) is 0 Å². The van der Waals surface area contributed by atoms with Crippen LogP contribution in [0.25, 0.3) is 0 Å². The largest absolute Gasteiger partial charge is 0.0654 e. The van der Waals surface area contributed by atoms with E-state index in [9.17, 15) is 0 Å². The van der Waals surface area contributed by atoms with Gasteiger partial charge in [0.1, 0.15) is 0 Å². The van der Waals surface area contributed by atoms with Gasteiger partial charge in [0, 0.05) is 0 Å². The molecule has 0 fully saturated rings. The molecule has 0 amide bonds. The van der Waals surface area contributed by atoms with E-state index in [1.807, 2.05) is 0 Å². The van der Waals surface area contributed by atoms with E-state index < -0.39 is 0 Å². The van der Waals surface area contributed by atoms with Crippen molar-refractivity contribution in [2.24, 2.45) is 5.92 Å². The average molecular weight is 366 g/mol. The zero-order valence-corrected chi connectivity index (χ0v) is 18.8. The van der Waals surface area contributed by atoms with Gasteiger partial charge >= 0.3 is 0 Å². The van der Waals surface area contributed by atoms with Gasteiger partial charge in [-0.15, -0.1) is 0 Å². The van der Waals surface area contributed by atoms with Crippen molar-refractivity contribution in [2.75, 3.05) is 0 Å². The van der Waals surface area contributed by atoms with Crippen LogP contribution in [0.15, 0.2) is 0 Å². The zero-order valence-electron chi connectivity index (χ0n) is 18.8. The number of rotatable bonds is 22. The van der Waals surface area contributed by atoms with Gasteiger partial charge in [0.15, 0.2) is 0 Å². The van der Waals surface area contributed by atoms with Crippen LogP contribution in [-0.2, 0) is 0 Å². The molecule has 0 aliphatic carbocycles. The maximum absolute atomic E-state index is 3.94. The molecule has 0 saturated heterocycles. The highest BCUT2D eigenvalue weighted by atomic mass is 14.1. The number of hydrogen-bond donors (Lipinski definition) is 0. The topological polar surface area (TPSA) is 0 Å². The van der Waals surface area contributed by atoms with Crippen molar-refractivity contribution in [1.82, 2.24) is 0 Å². The molecule has 0 spiro atoms. The van der Waals surface area contributed by atoms with E-state index in [0.29, 0.717) is 0 Å². The molecule has 0 aliphatic heterocycles. The Balaban J connectivity index is 3.18. The maximum Gasteiger partial charge on any atom is -0.0417 e. The summed E-state index contributed by atoms with van der Waals surface area (Å²) < 4.78 is 0. The first-order valence-corrected chi connectivity index (χ1v) is 12.6.